The summed E-state index contributed by atoms with van der Waals surface area (Å²) in [6, 6.07) is 15.1. The van der Waals surface area contributed by atoms with Gasteiger partial charge >= 0.3 is 0 Å². The second kappa shape index (κ2) is 21.2. The number of hydrogen-bond acceptors (Lipinski definition) is 14. The standard InChI is InChI=1S/C46H65ClN10O5S/c1-5-49-41(58)25-39-44-55-52-29(4)57(44)46-42(27(2)28(3)63-46)43(51-39)30-7-6-8-35(23-30)61-22-21-60-33-17-19-56(20-18-33)40-16-15-38(53-54-40)45(59)50-32-10-13-34(14-11-32)62-36-12-9-31(26-48)37(47)24-36/h6-9,12,23-24,27-29,32-34,38-40,42,44,46,52-55H,5,10-11,13-22,25H2,1-4H3,(H,49,58)(H,50,59)/t27?,28?,29?,32?,34?,38?,39-,40?,42?,44?,46?/m0/s1. The van der Waals surface area contributed by atoms with E-state index in [1.165, 1.54) is 0 Å². The summed E-state index contributed by atoms with van der Waals surface area (Å²) >= 11 is 8.19. The number of piperidine rings is 1. The number of halogens is 1. The second-order valence-electron chi connectivity index (χ2n) is 18.0. The van der Waals surface area contributed by atoms with Crippen molar-refractivity contribution in [1.82, 2.24) is 42.1 Å². The number of nitrogens with zero attached hydrogens (tertiary/aromatic N) is 4. The molecule has 6 aliphatic rings. The molecular formula is C46H65ClN10O5S. The Balaban J connectivity index is 0.756. The van der Waals surface area contributed by atoms with E-state index in [4.69, 9.17) is 36.1 Å². The third-order valence-corrected chi connectivity index (χ3v) is 15.8. The van der Waals surface area contributed by atoms with Gasteiger partial charge in [0.25, 0.3) is 0 Å². The van der Waals surface area contributed by atoms with Gasteiger partial charge in [-0.3, -0.25) is 24.4 Å². The number of thioether (sulfide) groups is 1. The summed E-state index contributed by atoms with van der Waals surface area (Å²) in [5.74, 6) is 2.13. The Morgan fingerprint density at radius 2 is 1.75 bits per heavy atom. The van der Waals surface area contributed by atoms with Crippen molar-refractivity contribution >= 4 is 40.9 Å². The zero-order valence-electron chi connectivity index (χ0n) is 37.0. The van der Waals surface area contributed by atoms with E-state index in [0.717, 1.165) is 81.5 Å². The third-order valence-electron chi connectivity index (χ3n) is 13.8. The van der Waals surface area contributed by atoms with Crippen LogP contribution in [0.1, 0.15) is 96.6 Å². The van der Waals surface area contributed by atoms with Crippen LogP contribution in [-0.4, -0.2) is 120 Å². The Kier molecular flexibility index (Phi) is 15.5. The van der Waals surface area contributed by atoms with Gasteiger partial charge in [-0.25, -0.2) is 21.7 Å². The number of nitrogens with one attached hydrogen (secondary N) is 6. The molecule has 17 heteroatoms. The fraction of sp³-hybridized carbons (Fsp3) is 0.652. The number of fused-ring (bicyclic) bond motifs is 3. The van der Waals surface area contributed by atoms with Crippen LogP contribution in [0.15, 0.2) is 47.5 Å². The topological polar surface area (TPSA) is 177 Å². The lowest BCUT2D eigenvalue weighted by atomic mass is 9.84. The Labute approximate surface area is 381 Å². The SMILES string of the molecule is CCNC(=O)C[C@@H]1N=C(c2cccc(OCCOC3CCN(C4CCC(C(=O)NC5CCC(Oc6ccc(C#N)c(Cl)c6)CC5)NN4)CC3)c2)C2C(C)C(C)SC2N2C(C)NNC12. The van der Waals surface area contributed by atoms with Gasteiger partial charge in [-0.2, -0.15) is 5.26 Å². The number of likely N-dealkylation sites (tertiary alicyclic amines) is 1. The van der Waals surface area contributed by atoms with Gasteiger partial charge in [0.15, 0.2) is 0 Å². The number of hydrogen-bond donors (Lipinski definition) is 6. The summed E-state index contributed by atoms with van der Waals surface area (Å²) < 4.78 is 18.8. The molecule has 2 aromatic rings. The van der Waals surface area contributed by atoms with Crippen molar-refractivity contribution in [3.63, 3.8) is 0 Å². The van der Waals surface area contributed by atoms with Gasteiger partial charge in [0.05, 0.1) is 65.7 Å². The highest BCUT2D eigenvalue weighted by molar-refractivity contribution is 8.00. The molecule has 63 heavy (non-hydrogen) atoms. The predicted octanol–water partition coefficient (Wildman–Crippen LogP) is 4.65. The Hall–Kier alpha value is -3.50. The highest BCUT2D eigenvalue weighted by Crippen LogP contribution is 2.49. The average molecular weight is 906 g/mol. The summed E-state index contributed by atoms with van der Waals surface area (Å²) in [4.78, 5) is 36.5. The van der Waals surface area contributed by atoms with E-state index in [0.29, 0.717) is 53.7 Å². The minimum atomic E-state index is -0.268. The molecule has 1 aliphatic carbocycles. The minimum absolute atomic E-state index is 0.0145. The van der Waals surface area contributed by atoms with Crippen LogP contribution in [0.2, 0.25) is 5.02 Å². The molecule has 0 bridgehead atoms. The molecule has 5 aliphatic heterocycles. The molecule has 0 spiro atoms. The first-order valence-electron chi connectivity index (χ1n) is 23.1. The van der Waals surface area contributed by atoms with Crippen molar-refractivity contribution < 1.29 is 23.8 Å². The van der Waals surface area contributed by atoms with Gasteiger partial charge in [-0.05, 0) is 101 Å². The Morgan fingerprint density at radius 1 is 0.937 bits per heavy atom. The van der Waals surface area contributed by atoms with Gasteiger partial charge in [0.1, 0.15) is 30.2 Å². The molecule has 0 radical (unpaired) electrons. The van der Waals surface area contributed by atoms with Crippen molar-refractivity contribution in [1.29, 1.82) is 5.26 Å². The van der Waals surface area contributed by atoms with Gasteiger partial charge < -0.3 is 24.8 Å². The number of carbonyl (C=O) groups is 2. The van der Waals surface area contributed by atoms with Crippen molar-refractivity contribution in [2.75, 3.05) is 32.8 Å². The van der Waals surface area contributed by atoms with Crippen LogP contribution in [0.3, 0.4) is 0 Å². The zero-order valence-corrected chi connectivity index (χ0v) is 38.6. The summed E-state index contributed by atoms with van der Waals surface area (Å²) in [6.07, 6.45) is 7.69. The largest absolute Gasteiger partial charge is 0.491 e. The van der Waals surface area contributed by atoms with E-state index >= 15 is 0 Å². The van der Waals surface area contributed by atoms with E-state index in [-0.39, 0.29) is 71.9 Å². The van der Waals surface area contributed by atoms with Crippen LogP contribution >= 0.6 is 23.4 Å². The third kappa shape index (κ3) is 11.0. The quantitative estimate of drug-likeness (QED) is 0.145. The first-order valence-corrected chi connectivity index (χ1v) is 24.5. The molecule has 6 N–H and O–H groups in total. The molecule has 8 rings (SSSR count). The number of carbonyl (C=O) groups excluding carboxylic acids is 2. The van der Waals surface area contributed by atoms with Crippen molar-refractivity contribution in [3.8, 4) is 17.6 Å². The average Bonchev–Trinajstić information content (AvgIpc) is 3.77. The van der Waals surface area contributed by atoms with Crippen LogP contribution in [0, 0.1) is 23.2 Å². The lowest BCUT2D eigenvalue weighted by molar-refractivity contribution is -0.126. The number of hydrazine groups is 2. The smallest absolute Gasteiger partial charge is 0.238 e. The van der Waals surface area contributed by atoms with E-state index in [1.54, 1.807) is 18.2 Å². The number of aliphatic imine (C=N–C) groups is 1. The maximum atomic E-state index is 13.2. The lowest BCUT2D eigenvalue weighted by Crippen LogP contribution is -2.63. The van der Waals surface area contributed by atoms with Crippen LogP contribution in [-0.2, 0) is 14.3 Å². The van der Waals surface area contributed by atoms with Crippen molar-refractivity contribution in [2.45, 2.75) is 145 Å². The summed E-state index contributed by atoms with van der Waals surface area (Å²) in [5, 5.41) is 16.5. The number of amides is 2. The van der Waals surface area contributed by atoms with Crippen LogP contribution in [0.5, 0.6) is 11.5 Å². The summed E-state index contributed by atoms with van der Waals surface area (Å²) in [7, 11) is 0. The molecular weight excluding hydrogens is 840 g/mol. The normalized spacial score (nSPS) is 32.7. The van der Waals surface area contributed by atoms with Crippen molar-refractivity contribution in [3.05, 3.63) is 58.6 Å². The molecule has 4 saturated heterocycles. The highest BCUT2D eigenvalue weighted by Gasteiger charge is 2.53. The van der Waals surface area contributed by atoms with Crippen LogP contribution < -0.4 is 41.8 Å². The molecule has 5 heterocycles. The molecule has 8 unspecified atom stereocenters. The van der Waals surface area contributed by atoms with E-state index < -0.39 is 0 Å². The molecule has 2 aromatic carbocycles. The Bertz CT molecular complexity index is 1970. The monoisotopic (exact) mass is 904 g/mol. The molecule has 342 valence electrons. The maximum Gasteiger partial charge on any atom is 0.238 e. The fourth-order valence-corrected chi connectivity index (χ4v) is 12.3. The van der Waals surface area contributed by atoms with E-state index in [2.05, 4.69) is 81.1 Å². The molecule has 0 aromatic heterocycles. The molecule has 15 nitrogen and oxygen atoms in total. The minimum Gasteiger partial charge on any atom is -0.491 e. The molecule has 5 fully saturated rings. The fourth-order valence-electron chi connectivity index (χ4n) is 10.2. The molecule has 9 atom stereocenters. The van der Waals surface area contributed by atoms with Gasteiger partial charge in [0, 0.05) is 48.6 Å². The van der Waals surface area contributed by atoms with Gasteiger partial charge in [-0.1, -0.05) is 37.6 Å². The van der Waals surface area contributed by atoms with E-state index in [1.807, 2.05) is 30.8 Å². The first-order chi connectivity index (χ1) is 30.6. The zero-order chi connectivity index (χ0) is 44.0. The molecule has 1 saturated carbocycles. The highest BCUT2D eigenvalue weighted by atomic mass is 35.5. The van der Waals surface area contributed by atoms with Crippen LogP contribution in [0.4, 0.5) is 0 Å². The van der Waals surface area contributed by atoms with E-state index in [9.17, 15) is 9.59 Å². The number of benzene rings is 2. The van der Waals surface area contributed by atoms with Crippen molar-refractivity contribution in [2.24, 2.45) is 16.8 Å². The summed E-state index contributed by atoms with van der Waals surface area (Å²) in [5.41, 5.74) is 16.2. The number of nitriles is 1. The maximum absolute atomic E-state index is 13.2. The lowest BCUT2D eigenvalue weighted by Gasteiger charge is -2.41. The van der Waals surface area contributed by atoms with Gasteiger partial charge in [-0.15, -0.1) is 11.8 Å². The number of ether oxygens (including phenoxy) is 3. The Morgan fingerprint density at radius 3 is 2.48 bits per heavy atom. The second-order valence-corrected chi connectivity index (χ2v) is 19.9. The summed E-state index contributed by atoms with van der Waals surface area (Å²) in [6.45, 7) is 12.2. The van der Waals surface area contributed by atoms with Gasteiger partial charge in [0.2, 0.25) is 11.8 Å². The first kappa shape index (κ1) is 46.0. The number of rotatable bonds is 14. The predicted molar refractivity (Wildman–Crippen MR) is 245 cm³/mol. The van der Waals surface area contributed by atoms with Crippen LogP contribution in [0.25, 0.3) is 0 Å². The molecule has 2 amide bonds.